The van der Waals surface area contributed by atoms with Crippen molar-refractivity contribution in [2.75, 3.05) is 12.0 Å². The number of anilines is 1. The summed E-state index contributed by atoms with van der Waals surface area (Å²) in [6.07, 6.45) is 0.952. The Labute approximate surface area is 220 Å². The van der Waals surface area contributed by atoms with Crippen molar-refractivity contribution in [3.63, 3.8) is 0 Å². The molecule has 0 saturated heterocycles. The first-order valence-corrected chi connectivity index (χ1v) is 11.8. The molecular formula is C25H31Cl2N3O6. The van der Waals surface area contributed by atoms with Gasteiger partial charge in [0, 0.05) is 11.1 Å². The average Bonchev–Trinajstić information content (AvgIpc) is 2.97. The van der Waals surface area contributed by atoms with E-state index in [0.29, 0.717) is 17.1 Å². The average molecular weight is 540 g/mol. The second-order valence-corrected chi connectivity index (χ2v) is 10.6. The Balaban J connectivity index is 2.44. The summed E-state index contributed by atoms with van der Waals surface area (Å²) in [6, 6.07) is 4.70. The number of carbonyl (C=O) groups excluding carboxylic acids is 3. The molecule has 1 heterocycles. The Hall–Kier alpha value is -3.04. The fourth-order valence-electron chi connectivity index (χ4n) is 2.99. The number of carbonyl (C=O) groups is 3. The highest BCUT2D eigenvalue weighted by Gasteiger charge is 2.33. The van der Waals surface area contributed by atoms with Crippen LogP contribution >= 0.6 is 23.2 Å². The van der Waals surface area contributed by atoms with Gasteiger partial charge in [0.2, 0.25) is 0 Å². The van der Waals surface area contributed by atoms with Crippen molar-refractivity contribution in [3.8, 4) is 0 Å². The van der Waals surface area contributed by atoms with E-state index < -0.39 is 29.4 Å². The van der Waals surface area contributed by atoms with Gasteiger partial charge in [0.25, 0.3) is 0 Å². The normalized spacial score (nSPS) is 11.9. The zero-order chi connectivity index (χ0) is 27.4. The summed E-state index contributed by atoms with van der Waals surface area (Å²) in [4.78, 5) is 42.4. The van der Waals surface area contributed by atoms with Gasteiger partial charge in [0.05, 0.1) is 25.0 Å². The lowest BCUT2D eigenvalue weighted by molar-refractivity contribution is -0.134. The van der Waals surface area contributed by atoms with E-state index in [1.807, 2.05) is 0 Å². The first kappa shape index (κ1) is 29.2. The van der Waals surface area contributed by atoms with E-state index in [1.54, 1.807) is 65.2 Å². The molecule has 0 N–H and O–H groups in total. The molecule has 196 valence electrons. The molecular weight excluding hydrogens is 509 g/mol. The number of imidazole rings is 1. The lowest BCUT2D eigenvalue weighted by Crippen LogP contribution is -2.43. The number of imide groups is 1. The van der Waals surface area contributed by atoms with E-state index in [1.165, 1.54) is 25.3 Å². The lowest BCUT2D eigenvalue weighted by Gasteiger charge is -2.28. The molecule has 9 nitrogen and oxygen atoms in total. The minimum Gasteiger partial charge on any atom is -0.466 e. The topological polar surface area (TPSA) is 100.0 Å². The number of hydrogen-bond acceptors (Lipinski definition) is 7. The molecule has 2 rings (SSSR count). The van der Waals surface area contributed by atoms with Crippen LogP contribution in [0, 0.1) is 6.92 Å². The number of aryl methyl sites for hydroxylation is 1. The van der Waals surface area contributed by atoms with Gasteiger partial charge in [-0.2, -0.15) is 4.90 Å². The molecule has 2 amide bonds. The van der Waals surface area contributed by atoms with Gasteiger partial charge in [-0.3, -0.25) is 0 Å². The molecule has 36 heavy (non-hydrogen) atoms. The third-order valence-electron chi connectivity index (χ3n) is 4.51. The van der Waals surface area contributed by atoms with Gasteiger partial charge < -0.3 is 18.8 Å². The molecule has 0 radical (unpaired) electrons. The van der Waals surface area contributed by atoms with Crippen LogP contribution in [-0.2, 0) is 25.5 Å². The van der Waals surface area contributed by atoms with Crippen LogP contribution in [-0.4, -0.2) is 46.0 Å². The van der Waals surface area contributed by atoms with Crippen LogP contribution in [0.15, 0.2) is 24.3 Å². The maximum atomic E-state index is 12.9. The number of esters is 1. The Morgan fingerprint density at radius 3 is 2.06 bits per heavy atom. The van der Waals surface area contributed by atoms with Crippen LogP contribution in [0.4, 0.5) is 15.3 Å². The molecule has 0 unspecified atom stereocenters. The van der Waals surface area contributed by atoms with Crippen molar-refractivity contribution in [2.45, 2.75) is 66.2 Å². The number of methoxy groups -OCH3 is 1. The Kier molecular flexibility index (Phi) is 9.20. The van der Waals surface area contributed by atoms with E-state index in [9.17, 15) is 14.4 Å². The van der Waals surface area contributed by atoms with Crippen LogP contribution in [0.3, 0.4) is 0 Å². The zero-order valence-corrected chi connectivity index (χ0v) is 23.2. The van der Waals surface area contributed by atoms with E-state index in [-0.39, 0.29) is 22.4 Å². The molecule has 0 atom stereocenters. The molecule has 1 aromatic heterocycles. The van der Waals surface area contributed by atoms with Gasteiger partial charge >= 0.3 is 18.2 Å². The SMILES string of the molecule is COC(=O)/C=C/c1c(Cl)nc(C)n1Cc1ccc(N(C(=O)OC(C)(C)C)C(=O)OC(C)(C)C)cc1Cl. The van der Waals surface area contributed by atoms with Gasteiger partial charge in [-0.15, -0.1) is 0 Å². The second-order valence-electron chi connectivity index (χ2n) is 9.85. The molecule has 2 aromatic rings. The van der Waals surface area contributed by atoms with Crippen molar-refractivity contribution >= 4 is 53.1 Å². The van der Waals surface area contributed by atoms with E-state index in [2.05, 4.69) is 9.72 Å². The highest BCUT2D eigenvalue weighted by Crippen LogP contribution is 2.29. The first-order chi connectivity index (χ1) is 16.5. The van der Waals surface area contributed by atoms with Gasteiger partial charge in [-0.25, -0.2) is 19.4 Å². The molecule has 1 aromatic carbocycles. The molecule has 11 heteroatoms. The maximum Gasteiger partial charge on any atom is 0.424 e. The monoisotopic (exact) mass is 539 g/mol. The third-order valence-corrected chi connectivity index (χ3v) is 5.14. The quantitative estimate of drug-likeness (QED) is 0.245. The molecule has 0 fully saturated rings. The Morgan fingerprint density at radius 1 is 1.03 bits per heavy atom. The van der Waals surface area contributed by atoms with Crippen molar-refractivity contribution in [2.24, 2.45) is 0 Å². The highest BCUT2D eigenvalue weighted by atomic mass is 35.5. The third kappa shape index (κ3) is 7.99. The van der Waals surface area contributed by atoms with Gasteiger partial charge in [-0.1, -0.05) is 29.3 Å². The summed E-state index contributed by atoms with van der Waals surface area (Å²) >= 11 is 12.8. The van der Waals surface area contributed by atoms with Crippen molar-refractivity contribution < 1.29 is 28.6 Å². The second kappa shape index (κ2) is 11.3. The van der Waals surface area contributed by atoms with Crippen LogP contribution in [0.25, 0.3) is 6.08 Å². The van der Waals surface area contributed by atoms with Crippen LogP contribution in [0.2, 0.25) is 10.2 Å². The van der Waals surface area contributed by atoms with Gasteiger partial charge in [-0.05, 0) is 72.2 Å². The summed E-state index contributed by atoms with van der Waals surface area (Å²) in [7, 11) is 1.27. The molecule has 0 spiro atoms. The van der Waals surface area contributed by atoms with Crippen LogP contribution in [0.1, 0.15) is 58.6 Å². The highest BCUT2D eigenvalue weighted by molar-refractivity contribution is 6.32. The summed E-state index contributed by atoms with van der Waals surface area (Å²) in [6.45, 7) is 12.2. The maximum absolute atomic E-state index is 12.9. The summed E-state index contributed by atoms with van der Waals surface area (Å²) in [5, 5.41) is 0.484. The minimum absolute atomic E-state index is 0.179. The molecule has 0 bridgehead atoms. The largest absolute Gasteiger partial charge is 0.466 e. The number of benzene rings is 1. The number of halogens is 2. The molecule has 0 aliphatic heterocycles. The molecule has 0 saturated carbocycles. The summed E-state index contributed by atoms with van der Waals surface area (Å²) in [5.74, 6) is 0.0528. The first-order valence-electron chi connectivity index (χ1n) is 11.1. The summed E-state index contributed by atoms with van der Waals surface area (Å²) in [5.41, 5.74) is -0.359. The predicted molar refractivity (Wildman–Crippen MR) is 139 cm³/mol. The predicted octanol–water partition coefficient (Wildman–Crippen LogP) is 6.41. The Morgan fingerprint density at radius 2 is 1.58 bits per heavy atom. The van der Waals surface area contributed by atoms with Gasteiger partial charge in [0.1, 0.15) is 17.0 Å². The number of ether oxygens (including phenoxy) is 3. The number of hydrogen-bond donors (Lipinski definition) is 0. The minimum atomic E-state index is -0.895. The molecule has 0 aliphatic rings. The summed E-state index contributed by atoms with van der Waals surface area (Å²) < 4.78 is 17.2. The fraction of sp³-hybridized carbons (Fsp3) is 0.440. The van der Waals surface area contributed by atoms with Crippen LogP contribution < -0.4 is 4.90 Å². The van der Waals surface area contributed by atoms with Crippen molar-refractivity contribution in [1.29, 1.82) is 0 Å². The standard InChI is InChI=1S/C25H31Cl2N3O6/c1-15-28-21(27)19(11-12-20(31)34-8)29(15)14-16-9-10-17(13-18(16)26)30(22(32)35-24(2,3)4)23(33)36-25(5,6)7/h9-13H,14H2,1-8H3/b12-11+. The number of amides is 2. The number of aromatic nitrogens is 2. The van der Waals surface area contributed by atoms with E-state index >= 15 is 0 Å². The van der Waals surface area contributed by atoms with Crippen LogP contribution in [0.5, 0.6) is 0 Å². The zero-order valence-electron chi connectivity index (χ0n) is 21.6. The fourth-order valence-corrected chi connectivity index (χ4v) is 3.51. The lowest BCUT2D eigenvalue weighted by atomic mass is 10.1. The smallest absolute Gasteiger partial charge is 0.424 e. The Bertz CT molecular complexity index is 1150. The van der Waals surface area contributed by atoms with E-state index in [0.717, 1.165) is 4.90 Å². The van der Waals surface area contributed by atoms with E-state index in [4.69, 9.17) is 32.7 Å². The van der Waals surface area contributed by atoms with Crippen molar-refractivity contribution in [3.05, 3.63) is 51.5 Å². The van der Waals surface area contributed by atoms with Gasteiger partial charge in [0.15, 0.2) is 5.15 Å². The number of nitrogens with zero attached hydrogens (tertiary/aromatic N) is 3. The number of rotatable bonds is 5. The van der Waals surface area contributed by atoms with Crippen molar-refractivity contribution in [1.82, 2.24) is 9.55 Å². The molecule has 0 aliphatic carbocycles.